The van der Waals surface area contributed by atoms with Gasteiger partial charge in [0, 0.05) is 11.9 Å². The molecule has 1 unspecified atom stereocenters. The van der Waals surface area contributed by atoms with Crippen LogP contribution in [0.5, 0.6) is 0 Å². The Bertz CT molecular complexity index is 286. The summed E-state index contributed by atoms with van der Waals surface area (Å²) in [7, 11) is -0.978. The van der Waals surface area contributed by atoms with Crippen molar-refractivity contribution in [2.75, 3.05) is 11.0 Å². The van der Waals surface area contributed by atoms with Gasteiger partial charge in [-0.3, -0.25) is 0 Å². The minimum Gasteiger partial charge on any atom is -0.305 e. The normalized spacial score (nSPS) is 11.1. The highest BCUT2D eigenvalue weighted by atomic mass is 32.2. The van der Waals surface area contributed by atoms with Crippen LogP contribution in [0, 0.1) is 0 Å². The quantitative estimate of drug-likeness (QED) is 0.821. The molecule has 0 radical (unpaired) electrons. The average Bonchev–Trinajstić information content (AvgIpc) is 2.21. The molecule has 0 amide bonds. The van der Waals surface area contributed by atoms with Crippen molar-refractivity contribution in [2.45, 2.75) is 27.2 Å². The van der Waals surface area contributed by atoms with Crippen molar-refractivity contribution in [3.63, 3.8) is 0 Å². The van der Waals surface area contributed by atoms with E-state index in [1.165, 1.54) is 5.56 Å². The van der Waals surface area contributed by atoms with Crippen molar-refractivity contribution in [3.05, 3.63) is 29.8 Å². The van der Waals surface area contributed by atoms with Crippen LogP contribution in [-0.4, -0.2) is 10.5 Å². The standard InChI is InChI=1S/C9H13NOS.C2H6/c1-3-8-6-4-5-7-9(8)10-12(2)11;1-2/h4-7,10H,3H2,1-2H3;1-2H3. The maximum Gasteiger partial charge on any atom is 0.113 e. The van der Waals surface area contributed by atoms with Gasteiger partial charge in [0.1, 0.15) is 11.0 Å². The van der Waals surface area contributed by atoms with Gasteiger partial charge in [-0.1, -0.05) is 39.0 Å². The van der Waals surface area contributed by atoms with Crippen molar-refractivity contribution in [1.29, 1.82) is 0 Å². The first-order valence-corrected chi connectivity index (χ1v) is 6.48. The van der Waals surface area contributed by atoms with E-state index in [0.717, 1.165) is 12.1 Å². The Kier molecular flexibility index (Phi) is 7.11. The molecule has 0 saturated carbocycles. The highest BCUT2D eigenvalue weighted by Gasteiger charge is 1.98. The summed E-state index contributed by atoms with van der Waals surface area (Å²) in [6, 6.07) is 7.91. The molecule has 1 N–H and O–H groups in total. The van der Waals surface area contributed by atoms with Gasteiger partial charge in [0.25, 0.3) is 0 Å². The van der Waals surface area contributed by atoms with Crippen LogP contribution in [0.15, 0.2) is 24.3 Å². The molecule has 1 rings (SSSR count). The van der Waals surface area contributed by atoms with Crippen LogP contribution in [0.1, 0.15) is 26.3 Å². The topological polar surface area (TPSA) is 29.1 Å². The molecule has 0 aliphatic rings. The molecular formula is C11H19NOS. The van der Waals surface area contributed by atoms with Crippen LogP contribution in [0.4, 0.5) is 5.69 Å². The van der Waals surface area contributed by atoms with Crippen LogP contribution < -0.4 is 4.72 Å². The second-order valence-corrected chi connectivity index (χ2v) is 3.68. The fourth-order valence-electron chi connectivity index (χ4n) is 1.08. The van der Waals surface area contributed by atoms with E-state index in [9.17, 15) is 4.21 Å². The van der Waals surface area contributed by atoms with Crippen LogP contribution in [0.2, 0.25) is 0 Å². The summed E-state index contributed by atoms with van der Waals surface area (Å²) >= 11 is 0. The first kappa shape index (κ1) is 13.2. The largest absolute Gasteiger partial charge is 0.305 e. The van der Waals surface area contributed by atoms with Gasteiger partial charge in [-0.15, -0.1) is 0 Å². The lowest BCUT2D eigenvalue weighted by atomic mass is 10.1. The molecule has 0 spiro atoms. The van der Waals surface area contributed by atoms with Crippen molar-refractivity contribution < 1.29 is 4.21 Å². The number of nitrogens with one attached hydrogen (secondary N) is 1. The highest BCUT2D eigenvalue weighted by molar-refractivity contribution is 7.85. The summed E-state index contributed by atoms with van der Waals surface area (Å²) in [6.07, 6.45) is 2.59. The van der Waals surface area contributed by atoms with Gasteiger partial charge in [-0.05, 0) is 18.1 Å². The maximum atomic E-state index is 10.9. The first-order valence-electron chi connectivity index (χ1n) is 4.92. The zero-order valence-electron chi connectivity index (χ0n) is 9.33. The molecule has 1 aromatic rings. The Morgan fingerprint density at radius 1 is 1.29 bits per heavy atom. The van der Waals surface area contributed by atoms with Gasteiger partial charge in [-0.2, -0.15) is 0 Å². The smallest absolute Gasteiger partial charge is 0.113 e. The summed E-state index contributed by atoms with van der Waals surface area (Å²) in [5.74, 6) is 0. The summed E-state index contributed by atoms with van der Waals surface area (Å²) < 4.78 is 13.8. The Labute approximate surface area is 89.3 Å². The fourth-order valence-corrected chi connectivity index (χ4v) is 1.59. The van der Waals surface area contributed by atoms with E-state index in [4.69, 9.17) is 0 Å². The molecule has 1 atom stereocenters. The van der Waals surface area contributed by atoms with E-state index >= 15 is 0 Å². The Morgan fingerprint density at radius 3 is 2.36 bits per heavy atom. The van der Waals surface area contributed by atoms with Gasteiger partial charge in [0.2, 0.25) is 0 Å². The lowest BCUT2D eigenvalue weighted by molar-refractivity contribution is 0.690. The summed E-state index contributed by atoms with van der Waals surface area (Å²) in [5, 5.41) is 0. The van der Waals surface area contributed by atoms with E-state index in [2.05, 4.69) is 11.6 Å². The van der Waals surface area contributed by atoms with Gasteiger partial charge >= 0.3 is 0 Å². The zero-order chi connectivity index (χ0) is 11.0. The van der Waals surface area contributed by atoms with Gasteiger partial charge in [0.15, 0.2) is 0 Å². The van der Waals surface area contributed by atoms with Gasteiger partial charge < -0.3 is 4.72 Å². The molecule has 2 nitrogen and oxygen atoms in total. The number of rotatable bonds is 3. The van der Waals surface area contributed by atoms with Crippen molar-refractivity contribution in [1.82, 2.24) is 0 Å². The molecule has 14 heavy (non-hydrogen) atoms. The van der Waals surface area contributed by atoms with Crippen LogP contribution in [-0.2, 0) is 17.4 Å². The molecule has 0 aliphatic heterocycles. The minimum atomic E-state index is -0.978. The first-order chi connectivity index (χ1) is 6.74. The second-order valence-electron chi connectivity index (χ2n) is 2.57. The van der Waals surface area contributed by atoms with E-state index < -0.39 is 11.0 Å². The third kappa shape index (κ3) is 4.42. The average molecular weight is 213 g/mol. The number of para-hydroxylation sites is 1. The maximum absolute atomic E-state index is 10.9. The number of benzene rings is 1. The molecule has 0 aromatic heterocycles. The summed E-state index contributed by atoms with van der Waals surface area (Å²) in [6.45, 7) is 6.08. The van der Waals surface area contributed by atoms with Crippen LogP contribution >= 0.6 is 0 Å². The zero-order valence-corrected chi connectivity index (χ0v) is 10.1. The molecule has 3 heteroatoms. The lowest BCUT2D eigenvalue weighted by Gasteiger charge is -2.06. The molecule has 0 fully saturated rings. The van der Waals surface area contributed by atoms with Crippen molar-refractivity contribution in [2.24, 2.45) is 0 Å². The number of hydrogen-bond acceptors (Lipinski definition) is 1. The van der Waals surface area contributed by atoms with Gasteiger partial charge in [-0.25, -0.2) is 4.21 Å². The molecule has 0 bridgehead atoms. The fraction of sp³-hybridized carbons (Fsp3) is 0.455. The molecule has 0 heterocycles. The Morgan fingerprint density at radius 2 is 1.86 bits per heavy atom. The molecule has 0 saturated heterocycles. The predicted molar refractivity (Wildman–Crippen MR) is 64.9 cm³/mol. The molecule has 80 valence electrons. The van der Waals surface area contributed by atoms with E-state index in [1.54, 1.807) is 6.26 Å². The number of anilines is 1. The van der Waals surface area contributed by atoms with E-state index in [-0.39, 0.29) is 0 Å². The second kappa shape index (κ2) is 7.56. The number of hydrogen-bond donors (Lipinski definition) is 1. The number of aryl methyl sites for hydroxylation is 1. The minimum absolute atomic E-state index is 0.959. The Balaban J connectivity index is 0.000000791. The third-order valence-corrected chi connectivity index (χ3v) is 2.16. The molecular weight excluding hydrogens is 194 g/mol. The molecule has 0 aliphatic carbocycles. The van der Waals surface area contributed by atoms with Crippen LogP contribution in [0.25, 0.3) is 0 Å². The van der Waals surface area contributed by atoms with Crippen LogP contribution in [0.3, 0.4) is 0 Å². The Hall–Kier alpha value is -0.830. The van der Waals surface area contributed by atoms with Gasteiger partial charge in [0.05, 0.1) is 0 Å². The van der Waals surface area contributed by atoms with E-state index in [1.807, 2.05) is 38.1 Å². The monoisotopic (exact) mass is 213 g/mol. The third-order valence-electron chi connectivity index (χ3n) is 1.65. The summed E-state index contributed by atoms with van der Waals surface area (Å²) in [5.41, 5.74) is 2.17. The highest BCUT2D eigenvalue weighted by Crippen LogP contribution is 2.15. The summed E-state index contributed by atoms with van der Waals surface area (Å²) in [4.78, 5) is 0. The lowest BCUT2D eigenvalue weighted by Crippen LogP contribution is -2.03. The molecule has 1 aromatic carbocycles. The predicted octanol–water partition coefficient (Wildman–Crippen LogP) is 2.98. The van der Waals surface area contributed by atoms with Crippen molar-refractivity contribution >= 4 is 16.7 Å². The van der Waals surface area contributed by atoms with E-state index in [0.29, 0.717) is 0 Å². The van der Waals surface area contributed by atoms with Crippen molar-refractivity contribution in [3.8, 4) is 0 Å². The SMILES string of the molecule is CC.CCc1ccccc1NS(C)=O.